The molecule has 0 bridgehead atoms. The Morgan fingerprint density at radius 2 is 1.67 bits per heavy atom. The van der Waals surface area contributed by atoms with E-state index < -0.39 is 0 Å². The van der Waals surface area contributed by atoms with Crippen molar-refractivity contribution >= 4 is 11.0 Å². The number of hydrogen-bond acceptors (Lipinski definition) is 5. The number of aliphatic hydroxyl groups is 1. The zero-order valence-corrected chi connectivity index (χ0v) is 18.8. The van der Waals surface area contributed by atoms with Crippen LogP contribution in [0.2, 0.25) is 0 Å². The zero-order valence-electron chi connectivity index (χ0n) is 18.0. The summed E-state index contributed by atoms with van der Waals surface area (Å²) in [6.07, 6.45) is 0. The lowest BCUT2D eigenvalue weighted by Crippen LogP contribution is -3.00. The lowest BCUT2D eigenvalue weighted by atomic mass is 10.1. The van der Waals surface area contributed by atoms with Crippen molar-refractivity contribution < 1.29 is 27.0 Å². The predicted octanol–water partition coefficient (Wildman–Crippen LogP) is -0.671. The summed E-state index contributed by atoms with van der Waals surface area (Å²) in [5, 5.41) is 12.7. The molecule has 30 heavy (non-hydrogen) atoms. The van der Waals surface area contributed by atoms with Gasteiger partial charge in [-0.1, -0.05) is 12.1 Å². The van der Waals surface area contributed by atoms with E-state index >= 15 is 0 Å². The first kappa shape index (κ1) is 23.8. The third-order valence-electron chi connectivity index (χ3n) is 5.13. The zero-order chi connectivity index (χ0) is 21.2. The number of imidazole rings is 1. The topological polar surface area (TPSA) is 77.7 Å². The second-order valence-electron chi connectivity index (χ2n) is 7.89. The van der Waals surface area contributed by atoms with Gasteiger partial charge in [-0.2, -0.15) is 0 Å². The molecule has 1 aromatic heterocycles. The smallest absolute Gasteiger partial charge is 0.328 e. The van der Waals surface area contributed by atoms with E-state index in [-0.39, 0.29) is 30.2 Å². The molecule has 3 aromatic rings. The van der Waals surface area contributed by atoms with Crippen LogP contribution in [-0.2, 0) is 27.2 Å². The van der Waals surface area contributed by atoms with E-state index in [4.69, 9.17) is 9.47 Å². The molecule has 0 atom stereocenters. The highest BCUT2D eigenvalue weighted by Crippen LogP contribution is 2.29. The molecule has 2 aromatic carbocycles. The second kappa shape index (κ2) is 9.55. The number of fused-ring (bicyclic) bond motifs is 1. The molecular formula is C22H29ClN3O4-. The first-order chi connectivity index (χ1) is 13.8. The summed E-state index contributed by atoms with van der Waals surface area (Å²) < 4.78 is 14.7. The van der Waals surface area contributed by atoms with E-state index in [2.05, 4.69) is 5.32 Å². The number of aliphatic hydroxyl groups excluding tert-OH is 1. The first-order valence-corrected chi connectivity index (χ1v) is 9.55. The summed E-state index contributed by atoms with van der Waals surface area (Å²) in [6.45, 7) is 4.93. The Morgan fingerprint density at radius 3 is 2.33 bits per heavy atom. The van der Waals surface area contributed by atoms with Crippen LogP contribution < -0.4 is 32.9 Å². The molecule has 0 aliphatic carbocycles. The van der Waals surface area contributed by atoms with Crippen LogP contribution in [0.5, 0.6) is 11.5 Å². The molecule has 0 aliphatic heterocycles. The van der Waals surface area contributed by atoms with E-state index in [1.807, 2.05) is 50.2 Å². The summed E-state index contributed by atoms with van der Waals surface area (Å²) >= 11 is 0. The van der Waals surface area contributed by atoms with E-state index in [9.17, 15) is 9.90 Å². The van der Waals surface area contributed by atoms with Gasteiger partial charge in [-0.3, -0.25) is 9.13 Å². The summed E-state index contributed by atoms with van der Waals surface area (Å²) in [4.78, 5) is 12.1. The summed E-state index contributed by atoms with van der Waals surface area (Å²) in [5.41, 5.74) is 3.37. The van der Waals surface area contributed by atoms with Gasteiger partial charge in [-0.25, -0.2) is 4.79 Å². The first-order valence-electron chi connectivity index (χ1n) is 9.55. The molecule has 1 heterocycles. The summed E-state index contributed by atoms with van der Waals surface area (Å²) in [7, 11) is 5.15. The highest BCUT2D eigenvalue weighted by Gasteiger charge is 2.16. The van der Waals surface area contributed by atoms with Crippen molar-refractivity contribution in [3.05, 3.63) is 58.0 Å². The minimum absolute atomic E-state index is 0. The lowest BCUT2D eigenvalue weighted by Gasteiger charge is -2.23. The average molecular weight is 435 g/mol. The predicted molar refractivity (Wildman–Crippen MR) is 113 cm³/mol. The van der Waals surface area contributed by atoms with Gasteiger partial charge in [-0.05, 0) is 49.2 Å². The maximum atomic E-state index is 12.1. The molecule has 7 nitrogen and oxygen atoms in total. The number of nitrogens with one attached hydrogen (secondary N) is 1. The van der Waals surface area contributed by atoms with Gasteiger partial charge >= 0.3 is 5.69 Å². The number of halogens is 1. The molecule has 0 fully saturated rings. The minimum Gasteiger partial charge on any atom is -1.00 e. The molecule has 2 N–H and O–H groups in total. The summed E-state index contributed by atoms with van der Waals surface area (Å²) in [6, 6.07) is 11.7. The van der Waals surface area contributed by atoms with E-state index in [0.717, 1.165) is 22.2 Å². The Balaban J connectivity index is 0.00000320. The largest absolute Gasteiger partial charge is 1.00 e. The van der Waals surface area contributed by atoms with Crippen LogP contribution in [0.4, 0.5) is 0 Å². The highest BCUT2D eigenvalue weighted by molar-refractivity contribution is 5.76. The molecule has 0 aliphatic rings. The van der Waals surface area contributed by atoms with Crippen molar-refractivity contribution in [3.63, 3.8) is 0 Å². The van der Waals surface area contributed by atoms with E-state index in [1.165, 1.54) is 0 Å². The lowest BCUT2D eigenvalue weighted by molar-refractivity contribution is -0.00000769. The fourth-order valence-corrected chi connectivity index (χ4v) is 3.14. The fraction of sp³-hybridized carbons (Fsp3) is 0.409. The van der Waals surface area contributed by atoms with E-state index in [0.29, 0.717) is 24.7 Å². The van der Waals surface area contributed by atoms with Crippen LogP contribution in [-0.4, -0.2) is 33.5 Å². The highest BCUT2D eigenvalue weighted by atomic mass is 35.5. The van der Waals surface area contributed by atoms with Crippen LogP contribution in [0.3, 0.4) is 0 Å². The van der Waals surface area contributed by atoms with E-state index in [1.54, 1.807) is 30.3 Å². The number of aromatic nitrogens is 2. The van der Waals surface area contributed by atoms with Crippen molar-refractivity contribution in [2.75, 3.05) is 13.7 Å². The number of nitrogens with zero attached hydrogens (tertiary/aromatic N) is 2. The maximum Gasteiger partial charge on any atom is 0.328 e. The second-order valence-corrected chi connectivity index (χ2v) is 7.89. The Kier molecular flexibility index (Phi) is 7.58. The number of aryl methyl sites for hydroxylation is 2. The third-order valence-corrected chi connectivity index (χ3v) is 5.13. The Labute approximate surface area is 182 Å². The number of benzene rings is 2. The third kappa shape index (κ3) is 4.98. The minimum atomic E-state index is -0.349. The average Bonchev–Trinajstić information content (AvgIpc) is 2.94. The van der Waals surface area contributed by atoms with Gasteiger partial charge in [0.15, 0.2) is 11.5 Å². The maximum absolute atomic E-state index is 12.1. The van der Waals surface area contributed by atoms with Gasteiger partial charge < -0.3 is 32.3 Å². The molecule has 164 valence electrons. The number of rotatable bonds is 8. The molecule has 0 unspecified atom stereocenters. The Hall–Kier alpha value is -2.48. The molecule has 3 rings (SSSR count). The van der Waals surface area contributed by atoms with Gasteiger partial charge in [0.1, 0.15) is 6.61 Å². The van der Waals surface area contributed by atoms with Crippen molar-refractivity contribution in [1.29, 1.82) is 0 Å². The number of methoxy groups -OCH3 is 1. The van der Waals surface area contributed by atoms with Crippen LogP contribution in [0, 0.1) is 0 Å². The molecule has 0 radical (unpaired) electrons. The van der Waals surface area contributed by atoms with Gasteiger partial charge in [-0.15, -0.1) is 0 Å². The quantitative estimate of drug-likeness (QED) is 0.491. The Morgan fingerprint density at radius 1 is 1.00 bits per heavy atom. The molecule has 0 saturated carbocycles. The van der Waals surface area contributed by atoms with Crippen LogP contribution in [0.1, 0.15) is 25.0 Å². The molecule has 0 amide bonds. The summed E-state index contributed by atoms with van der Waals surface area (Å²) in [5.74, 6) is 1.30. The normalized spacial score (nSPS) is 11.4. The number of ether oxygens (including phenoxy) is 2. The van der Waals surface area contributed by atoms with Crippen molar-refractivity contribution in [1.82, 2.24) is 14.5 Å². The SMILES string of the molecule is COc1cc(CNC(C)(C)CO)ccc1OCc1ccc2c(c1)n(C)c(=O)n2C.[Cl-]. The van der Waals surface area contributed by atoms with Crippen LogP contribution in [0.25, 0.3) is 11.0 Å². The van der Waals surface area contributed by atoms with Gasteiger partial charge in [0.25, 0.3) is 0 Å². The van der Waals surface area contributed by atoms with Crippen LogP contribution >= 0.6 is 0 Å². The van der Waals surface area contributed by atoms with Crippen molar-refractivity contribution in [3.8, 4) is 11.5 Å². The molecule has 8 heteroatoms. The Bertz CT molecular complexity index is 1070. The fourth-order valence-electron chi connectivity index (χ4n) is 3.14. The van der Waals surface area contributed by atoms with Gasteiger partial charge in [0, 0.05) is 26.2 Å². The monoisotopic (exact) mass is 434 g/mol. The van der Waals surface area contributed by atoms with Crippen molar-refractivity contribution in [2.45, 2.75) is 32.5 Å². The van der Waals surface area contributed by atoms with Crippen molar-refractivity contribution in [2.24, 2.45) is 14.1 Å². The standard InChI is InChI=1S/C22H29N3O4.ClH/c1-22(2,14-26)23-12-15-7-9-19(20(11-15)28-5)29-13-16-6-8-17-18(10-16)25(4)21(27)24(17)3;/h6-11,23,26H,12-14H2,1-5H3;1H/p-1. The van der Waals surface area contributed by atoms with Crippen LogP contribution in [0.15, 0.2) is 41.2 Å². The van der Waals surface area contributed by atoms with Gasteiger partial charge in [0.2, 0.25) is 0 Å². The molecular weight excluding hydrogens is 406 g/mol. The molecule has 0 spiro atoms. The number of hydrogen-bond donors (Lipinski definition) is 2. The molecule has 0 saturated heterocycles. The van der Waals surface area contributed by atoms with Gasteiger partial charge in [0.05, 0.1) is 24.8 Å².